The monoisotopic (exact) mass is 297 g/mol. The molecule has 4 nitrogen and oxygen atoms in total. The summed E-state index contributed by atoms with van der Waals surface area (Å²) in [5.41, 5.74) is 0. The Labute approximate surface area is 124 Å². The number of carboxylic acids is 1. The van der Waals surface area contributed by atoms with Gasteiger partial charge in [0.2, 0.25) is 0 Å². The van der Waals surface area contributed by atoms with Crippen molar-refractivity contribution in [1.82, 2.24) is 5.32 Å². The van der Waals surface area contributed by atoms with Gasteiger partial charge in [-0.25, -0.2) is 0 Å². The first-order valence-corrected chi connectivity index (χ1v) is 7.37. The molecule has 0 amide bonds. The van der Waals surface area contributed by atoms with Gasteiger partial charge in [-0.3, -0.25) is 4.79 Å². The molecule has 0 heterocycles. The van der Waals surface area contributed by atoms with E-state index in [9.17, 15) is 4.79 Å². The number of nitrogens with one attached hydrogen (secondary N) is 1. The van der Waals surface area contributed by atoms with Crippen LogP contribution in [0.3, 0.4) is 0 Å². The molecule has 0 atom stereocenters. The Morgan fingerprint density at radius 3 is 2.75 bits per heavy atom. The molecule has 0 bridgehead atoms. The molecule has 20 heavy (non-hydrogen) atoms. The van der Waals surface area contributed by atoms with Crippen molar-refractivity contribution in [2.75, 3.05) is 13.2 Å². The SMILES string of the molecule is O=C(O)C1CCC(NCCOc2cccc(Cl)c2)CC1. The quantitative estimate of drug-likeness (QED) is 0.793. The van der Waals surface area contributed by atoms with Gasteiger partial charge in [0.1, 0.15) is 12.4 Å². The van der Waals surface area contributed by atoms with E-state index in [-0.39, 0.29) is 5.92 Å². The van der Waals surface area contributed by atoms with E-state index in [0.29, 0.717) is 17.7 Å². The van der Waals surface area contributed by atoms with Gasteiger partial charge in [0.25, 0.3) is 0 Å². The summed E-state index contributed by atoms with van der Waals surface area (Å²) in [7, 11) is 0. The van der Waals surface area contributed by atoms with E-state index in [1.165, 1.54) is 0 Å². The van der Waals surface area contributed by atoms with Crippen molar-refractivity contribution >= 4 is 17.6 Å². The fourth-order valence-electron chi connectivity index (χ4n) is 2.53. The molecule has 1 aromatic rings. The van der Waals surface area contributed by atoms with Crippen LogP contribution in [0, 0.1) is 5.92 Å². The van der Waals surface area contributed by atoms with Crippen LogP contribution in [0.1, 0.15) is 25.7 Å². The summed E-state index contributed by atoms with van der Waals surface area (Å²) in [5.74, 6) is -0.0441. The van der Waals surface area contributed by atoms with Crippen molar-refractivity contribution in [3.63, 3.8) is 0 Å². The number of hydrogen-bond donors (Lipinski definition) is 2. The number of carbonyl (C=O) groups is 1. The highest BCUT2D eigenvalue weighted by molar-refractivity contribution is 6.30. The second-order valence-electron chi connectivity index (χ2n) is 5.15. The Morgan fingerprint density at radius 2 is 2.10 bits per heavy atom. The molecule has 2 rings (SSSR count). The summed E-state index contributed by atoms with van der Waals surface area (Å²) in [6.45, 7) is 1.34. The third-order valence-electron chi connectivity index (χ3n) is 3.68. The molecule has 1 saturated carbocycles. The Bertz CT molecular complexity index is 444. The van der Waals surface area contributed by atoms with Crippen molar-refractivity contribution in [3.05, 3.63) is 29.3 Å². The fourth-order valence-corrected chi connectivity index (χ4v) is 2.71. The van der Waals surface area contributed by atoms with Crippen LogP contribution in [0.25, 0.3) is 0 Å². The number of halogens is 1. The molecule has 0 unspecified atom stereocenters. The maximum Gasteiger partial charge on any atom is 0.306 e. The Kier molecular flexibility index (Phi) is 5.68. The molecular weight excluding hydrogens is 278 g/mol. The number of carboxylic acid groups (broad SMARTS) is 1. The minimum atomic E-state index is -0.660. The molecule has 1 fully saturated rings. The molecule has 1 aliphatic carbocycles. The van der Waals surface area contributed by atoms with Gasteiger partial charge < -0.3 is 15.2 Å². The zero-order valence-electron chi connectivity index (χ0n) is 11.3. The average Bonchev–Trinajstić information content (AvgIpc) is 2.44. The van der Waals surface area contributed by atoms with Crippen molar-refractivity contribution in [1.29, 1.82) is 0 Å². The second-order valence-corrected chi connectivity index (χ2v) is 5.58. The fraction of sp³-hybridized carbons (Fsp3) is 0.533. The molecule has 0 aromatic heterocycles. The maximum atomic E-state index is 10.9. The number of benzene rings is 1. The molecule has 0 saturated heterocycles. The van der Waals surface area contributed by atoms with Gasteiger partial charge in [-0.15, -0.1) is 0 Å². The van der Waals surface area contributed by atoms with Crippen LogP contribution in [0.4, 0.5) is 0 Å². The largest absolute Gasteiger partial charge is 0.492 e. The van der Waals surface area contributed by atoms with Crippen molar-refractivity contribution in [2.24, 2.45) is 5.92 Å². The van der Waals surface area contributed by atoms with E-state index in [2.05, 4.69) is 5.32 Å². The smallest absolute Gasteiger partial charge is 0.306 e. The number of hydrogen-bond acceptors (Lipinski definition) is 3. The van der Waals surface area contributed by atoms with Crippen molar-refractivity contribution < 1.29 is 14.6 Å². The van der Waals surface area contributed by atoms with E-state index in [4.69, 9.17) is 21.4 Å². The highest BCUT2D eigenvalue weighted by Gasteiger charge is 2.25. The zero-order valence-corrected chi connectivity index (χ0v) is 12.1. The predicted octanol–water partition coefficient (Wildman–Crippen LogP) is 2.95. The van der Waals surface area contributed by atoms with E-state index < -0.39 is 5.97 Å². The summed E-state index contributed by atoms with van der Waals surface area (Å²) in [6.07, 6.45) is 3.38. The van der Waals surface area contributed by atoms with Crippen LogP contribution in [-0.4, -0.2) is 30.3 Å². The highest BCUT2D eigenvalue weighted by atomic mass is 35.5. The normalized spacial score (nSPS) is 22.4. The second kappa shape index (κ2) is 7.50. The minimum Gasteiger partial charge on any atom is -0.492 e. The summed E-state index contributed by atoms with van der Waals surface area (Å²) in [4.78, 5) is 10.9. The van der Waals surface area contributed by atoms with Crippen LogP contribution >= 0.6 is 11.6 Å². The Balaban J connectivity index is 1.61. The van der Waals surface area contributed by atoms with Crippen LogP contribution in [0.15, 0.2) is 24.3 Å². The summed E-state index contributed by atoms with van der Waals surface area (Å²) < 4.78 is 5.60. The standard InChI is InChI=1S/C15H20ClNO3/c16-12-2-1-3-14(10-12)20-9-8-17-13-6-4-11(5-7-13)15(18)19/h1-3,10-11,13,17H,4-9H2,(H,18,19). The summed E-state index contributed by atoms with van der Waals surface area (Å²) in [5, 5.41) is 13.0. The number of aliphatic carboxylic acids is 1. The first kappa shape index (κ1) is 15.1. The topological polar surface area (TPSA) is 58.6 Å². The third-order valence-corrected chi connectivity index (χ3v) is 3.91. The van der Waals surface area contributed by atoms with Gasteiger partial charge in [0.15, 0.2) is 0 Å². The van der Waals surface area contributed by atoms with Crippen molar-refractivity contribution in [3.8, 4) is 5.75 Å². The van der Waals surface area contributed by atoms with E-state index in [1.54, 1.807) is 6.07 Å². The first-order chi connectivity index (χ1) is 9.65. The van der Waals surface area contributed by atoms with E-state index >= 15 is 0 Å². The number of rotatable bonds is 6. The van der Waals surface area contributed by atoms with Gasteiger partial charge in [-0.05, 0) is 43.9 Å². The van der Waals surface area contributed by atoms with Gasteiger partial charge in [0, 0.05) is 17.6 Å². The Hall–Kier alpha value is -1.26. The Morgan fingerprint density at radius 1 is 1.35 bits per heavy atom. The molecule has 0 spiro atoms. The van der Waals surface area contributed by atoms with Crippen LogP contribution < -0.4 is 10.1 Å². The molecule has 0 radical (unpaired) electrons. The van der Waals surface area contributed by atoms with Gasteiger partial charge in [0.05, 0.1) is 5.92 Å². The lowest BCUT2D eigenvalue weighted by Gasteiger charge is -2.26. The average molecular weight is 298 g/mol. The lowest BCUT2D eigenvalue weighted by atomic mass is 9.86. The lowest BCUT2D eigenvalue weighted by molar-refractivity contribution is -0.142. The summed E-state index contributed by atoms with van der Waals surface area (Å²) in [6, 6.07) is 7.75. The van der Waals surface area contributed by atoms with Crippen LogP contribution in [0.2, 0.25) is 5.02 Å². The summed E-state index contributed by atoms with van der Waals surface area (Å²) >= 11 is 5.88. The number of ether oxygens (including phenoxy) is 1. The zero-order chi connectivity index (χ0) is 14.4. The van der Waals surface area contributed by atoms with Crippen LogP contribution in [0.5, 0.6) is 5.75 Å². The highest BCUT2D eigenvalue weighted by Crippen LogP contribution is 2.24. The van der Waals surface area contributed by atoms with Gasteiger partial charge in [-0.2, -0.15) is 0 Å². The molecule has 5 heteroatoms. The molecule has 1 aliphatic rings. The maximum absolute atomic E-state index is 10.9. The van der Waals surface area contributed by atoms with Crippen molar-refractivity contribution in [2.45, 2.75) is 31.7 Å². The predicted molar refractivity (Wildman–Crippen MR) is 78.3 cm³/mol. The van der Waals surface area contributed by atoms with E-state index in [1.807, 2.05) is 18.2 Å². The van der Waals surface area contributed by atoms with E-state index in [0.717, 1.165) is 38.0 Å². The molecule has 110 valence electrons. The third kappa shape index (κ3) is 4.69. The van der Waals surface area contributed by atoms with Gasteiger partial charge in [-0.1, -0.05) is 17.7 Å². The first-order valence-electron chi connectivity index (χ1n) is 6.99. The van der Waals surface area contributed by atoms with Gasteiger partial charge >= 0.3 is 5.97 Å². The molecule has 2 N–H and O–H groups in total. The molecule has 1 aromatic carbocycles. The molecular formula is C15H20ClNO3. The molecule has 0 aliphatic heterocycles. The van der Waals surface area contributed by atoms with Crippen LogP contribution in [-0.2, 0) is 4.79 Å². The lowest BCUT2D eigenvalue weighted by Crippen LogP contribution is -2.37. The minimum absolute atomic E-state index is 0.157.